The smallest absolute Gasteiger partial charge is 0.169 e. The van der Waals surface area contributed by atoms with Crippen LogP contribution in [0.25, 0.3) is 6.08 Å². The molecule has 0 saturated carbocycles. The molecular weight excluding hydrogens is 316 g/mol. The molecule has 0 radical (unpaired) electrons. The van der Waals surface area contributed by atoms with E-state index in [1.165, 1.54) is 0 Å². The van der Waals surface area contributed by atoms with Crippen LogP contribution < -0.4 is 0 Å². The molecule has 2 rings (SSSR count). The van der Waals surface area contributed by atoms with Gasteiger partial charge in [0.2, 0.25) is 0 Å². The van der Waals surface area contributed by atoms with Gasteiger partial charge in [0.1, 0.15) is 12.1 Å². The van der Waals surface area contributed by atoms with E-state index in [2.05, 4.69) is 16.8 Å². The quantitative estimate of drug-likeness (QED) is 0.922. The third-order valence-corrected chi connectivity index (χ3v) is 3.62. The number of aryl methyl sites for hydroxylation is 2. The molecule has 0 aliphatic rings. The number of hydrogen-bond acceptors (Lipinski definition) is 5. The van der Waals surface area contributed by atoms with Gasteiger partial charge in [-0.1, -0.05) is 26.5 Å². The molecule has 1 N–H and O–H groups in total. The van der Waals surface area contributed by atoms with Crippen molar-refractivity contribution in [1.82, 2.24) is 19.6 Å². The molecule has 134 valence electrons. The lowest BCUT2D eigenvalue weighted by Crippen LogP contribution is -1.96. The summed E-state index contributed by atoms with van der Waals surface area (Å²) in [6.45, 7) is 11.5. The van der Waals surface area contributed by atoms with Crippen molar-refractivity contribution in [3.63, 3.8) is 0 Å². The van der Waals surface area contributed by atoms with Crippen molar-refractivity contribution in [3.8, 4) is 12.1 Å². The average Bonchev–Trinajstić information content (AvgIpc) is 3.07. The number of aliphatic hydroxyl groups excluding tert-OH is 1. The Bertz CT molecular complexity index is 786. The van der Waals surface area contributed by atoms with Gasteiger partial charge in [-0.2, -0.15) is 20.7 Å². The van der Waals surface area contributed by atoms with Crippen molar-refractivity contribution in [2.45, 2.75) is 34.1 Å². The van der Waals surface area contributed by atoms with Gasteiger partial charge >= 0.3 is 0 Å². The van der Waals surface area contributed by atoms with Gasteiger partial charge in [0.25, 0.3) is 0 Å². The molecule has 0 aliphatic heterocycles. The van der Waals surface area contributed by atoms with E-state index in [9.17, 15) is 0 Å². The number of nitriles is 2. The van der Waals surface area contributed by atoms with Gasteiger partial charge in [0, 0.05) is 49.6 Å². The van der Waals surface area contributed by atoms with Gasteiger partial charge in [-0.15, -0.1) is 0 Å². The van der Waals surface area contributed by atoms with E-state index >= 15 is 0 Å². The molecule has 2 aromatic heterocycles. The number of aromatic nitrogens is 4. The second-order valence-electron chi connectivity index (χ2n) is 4.91. The Morgan fingerprint density at radius 1 is 1.04 bits per heavy atom. The van der Waals surface area contributed by atoms with Crippen LogP contribution in [0.2, 0.25) is 0 Å². The highest BCUT2D eigenvalue weighted by Gasteiger charge is 2.11. The molecule has 0 saturated heterocycles. The topological polar surface area (TPSA) is 103 Å². The van der Waals surface area contributed by atoms with Gasteiger partial charge in [-0.25, -0.2) is 0 Å². The lowest BCUT2D eigenvalue weighted by Gasteiger charge is -1.96. The zero-order valence-corrected chi connectivity index (χ0v) is 15.8. The summed E-state index contributed by atoms with van der Waals surface area (Å²) in [6, 6.07) is 4.00. The van der Waals surface area contributed by atoms with E-state index in [1.807, 2.05) is 46.9 Å². The van der Waals surface area contributed by atoms with Crippen molar-refractivity contribution >= 4 is 6.08 Å². The van der Waals surface area contributed by atoms with Crippen molar-refractivity contribution in [3.05, 3.63) is 40.5 Å². The molecule has 0 amide bonds. The molecular formula is C18H26N6O. The first-order valence-electron chi connectivity index (χ1n) is 8.00. The van der Waals surface area contributed by atoms with Crippen molar-refractivity contribution < 1.29 is 5.11 Å². The van der Waals surface area contributed by atoms with Crippen LogP contribution in [-0.4, -0.2) is 31.3 Å². The zero-order valence-electron chi connectivity index (χ0n) is 15.8. The Labute approximate surface area is 149 Å². The first-order valence-corrected chi connectivity index (χ1v) is 8.00. The highest BCUT2D eigenvalue weighted by Crippen LogP contribution is 2.12. The largest absolute Gasteiger partial charge is 0.396 e. The second kappa shape index (κ2) is 10.8. The van der Waals surface area contributed by atoms with E-state index in [4.69, 9.17) is 15.6 Å². The molecule has 0 unspecified atom stereocenters. The van der Waals surface area contributed by atoms with Crippen LogP contribution in [-0.2, 0) is 20.5 Å². The average molecular weight is 342 g/mol. The van der Waals surface area contributed by atoms with Gasteiger partial charge in [0.05, 0.1) is 0 Å². The fourth-order valence-corrected chi connectivity index (χ4v) is 2.10. The Morgan fingerprint density at radius 2 is 1.52 bits per heavy atom. The number of aliphatic hydroxyl groups is 1. The lowest BCUT2D eigenvalue weighted by molar-refractivity contribution is 0.299. The highest BCUT2D eigenvalue weighted by molar-refractivity contribution is 5.56. The van der Waals surface area contributed by atoms with Crippen LogP contribution in [0.5, 0.6) is 0 Å². The van der Waals surface area contributed by atoms with Gasteiger partial charge in [-0.3, -0.25) is 9.36 Å². The molecule has 0 atom stereocenters. The number of hydrogen-bond donors (Lipinski definition) is 1. The van der Waals surface area contributed by atoms with Crippen LogP contribution in [0, 0.1) is 36.5 Å². The van der Waals surface area contributed by atoms with Gasteiger partial charge < -0.3 is 5.11 Å². The van der Waals surface area contributed by atoms with Crippen molar-refractivity contribution in [2.24, 2.45) is 14.1 Å². The summed E-state index contributed by atoms with van der Waals surface area (Å²) < 4.78 is 3.33. The SMILES string of the molecule is C=Cc1c(C#N)nn(C)c1C.CC.Cc1c(CCO)c(C#N)nn1C. The maximum Gasteiger partial charge on any atom is 0.169 e. The number of nitrogens with zero attached hydrogens (tertiary/aromatic N) is 6. The van der Waals surface area contributed by atoms with Crippen LogP contribution in [0.4, 0.5) is 0 Å². The molecule has 7 nitrogen and oxygen atoms in total. The highest BCUT2D eigenvalue weighted by atomic mass is 16.3. The van der Waals surface area contributed by atoms with E-state index in [0.29, 0.717) is 17.8 Å². The molecule has 25 heavy (non-hydrogen) atoms. The minimum atomic E-state index is 0.0568. The maximum atomic E-state index is 8.73. The minimum absolute atomic E-state index is 0.0568. The van der Waals surface area contributed by atoms with E-state index in [1.54, 1.807) is 22.5 Å². The van der Waals surface area contributed by atoms with E-state index in [-0.39, 0.29) is 6.61 Å². The van der Waals surface area contributed by atoms with Crippen LogP contribution >= 0.6 is 0 Å². The van der Waals surface area contributed by atoms with Gasteiger partial charge in [-0.05, 0) is 13.8 Å². The van der Waals surface area contributed by atoms with Crippen LogP contribution in [0.1, 0.15) is 47.8 Å². The standard InChI is InChI=1S/C8H11N3O.C8H9N3.C2H6/c1-6-7(3-4-12)8(5-9)10-11(6)2;1-4-7-6(2)11(3)10-8(7)5-9;1-2/h12H,3-4H2,1-2H3;4H,1H2,2-3H3;1-2H3. The van der Waals surface area contributed by atoms with Crippen LogP contribution in [0.3, 0.4) is 0 Å². The molecule has 2 aromatic rings. The summed E-state index contributed by atoms with van der Waals surface area (Å²) in [5, 5.41) is 34.0. The maximum absolute atomic E-state index is 8.73. The predicted molar refractivity (Wildman–Crippen MR) is 97.5 cm³/mol. The fraction of sp³-hybridized carbons (Fsp3) is 0.444. The summed E-state index contributed by atoms with van der Waals surface area (Å²) in [5.74, 6) is 0. The zero-order chi connectivity index (χ0) is 19.6. The Morgan fingerprint density at radius 3 is 1.92 bits per heavy atom. The predicted octanol–water partition coefficient (Wildman–Crippen LogP) is 2.40. The van der Waals surface area contributed by atoms with Gasteiger partial charge in [0.15, 0.2) is 11.4 Å². The second-order valence-corrected chi connectivity index (χ2v) is 4.91. The third-order valence-electron chi connectivity index (χ3n) is 3.62. The molecule has 0 aliphatic carbocycles. The molecule has 0 bridgehead atoms. The molecule has 0 spiro atoms. The molecule has 7 heteroatoms. The van der Waals surface area contributed by atoms with E-state index < -0.39 is 0 Å². The van der Waals surface area contributed by atoms with E-state index in [0.717, 1.165) is 22.5 Å². The summed E-state index contributed by atoms with van der Waals surface area (Å²) in [7, 11) is 3.60. The minimum Gasteiger partial charge on any atom is -0.396 e. The third kappa shape index (κ3) is 5.30. The van der Waals surface area contributed by atoms with Crippen LogP contribution in [0.15, 0.2) is 6.58 Å². The monoisotopic (exact) mass is 342 g/mol. The summed E-state index contributed by atoms with van der Waals surface area (Å²) in [5.41, 5.74) is 4.46. The lowest BCUT2D eigenvalue weighted by atomic mass is 10.1. The molecule has 2 heterocycles. The fourth-order valence-electron chi connectivity index (χ4n) is 2.10. The molecule has 0 aromatic carbocycles. The Hall–Kier alpha value is -2.90. The van der Waals surface area contributed by atoms with Crippen molar-refractivity contribution in [1.29, 1.82) is 10.5 Å². The first kappa shape index (κ1) is 22.1. The Balaban J connectivity index is 0.000000421. The normalized spacial score (nSPS) is 9.00. The summed E-state index contributed by atoms with van der Waals surface area (Å²) >= 11 is 0. The number of rotatable bonds is 3. The molecule has 0 fully saturated rings. The summed E-state index contributed by atoms with van der Waals surface area (Å²) in [4.78, 5) is 0. The summed E-state index contributed by atoms with van der Waals surface area (Å²) in [6.07, 6.45) is 2.16. The van der Waals surface area contributed by atoms with Crippen molar-refractivity contribution in [2.75, 3.05) is 6.61 Å². The Kier molecular flexibility index (Phi) is 9.54. The first-order chi connectivity index (χ1) is 11.9.